The number of rotatable bonds is 4. The summed E-state index contributed by atoms with van der Waals surface area (Å²) in [5.41, 5.74) is 1.59. The first-order chi connectivity index (χ1) is 14.0. The molecule has 1 atom stereocenters. The maximum Gasteiger partial charge on any atom is 0.416 e. The molecule has 0 fully saturated rings. The van der Waals surface area contributed by atoms with Crippen LogP contribution in [0.5, 0.6) is 0 Å². The number of hydrogen-bond donors (Lipinski definition) is 1. The van der Waals surface area contributed by atoms with E-state index in [-0.39, 0.29) is 17.8 Å². The molecule has 1 unspecified atom stereocenters. The third kappa shape index (κ3) is 4.16. The number of esters is 1. The molecule has 0 aromatic heterocycles. The molecule has 1 aromatic carbocycles. The van der Waals surface area contributed by atoms with Crippen LogP contribution in [0.1, 0.15) is 64.0 Å². The van der Waals surface area contributed by atoms with Crippen LogP contribution in [0.3, 0.4) is 0 Å². The van der Waals surface area contributed by atoms with E-state index in [1.54, 1.807) is 6.92 Å². The fourth-order valence-electron chi connectivity index (χ4n) is 4.28. The van der Waals surface area contributed by atoms with Gasteiger partial charge in [-0.05, 0) is 42.9 Å². The smallest absolute Gasteiger partial charge is 0.416 e. The van der Waals surface area contributed by atoms with Crippen molar-refractivity contribution in [2.24, 2.45) is 5.41 Å². The number of allylic oxidation sites excluding steroid dienone is 3. The Morgan fingerprint density at radius 1 is 1.17 bits per heavy atom. The van der Waals surface area contributed by atoms with E-state index in [9.17, 15) is 22.8 Å². The van der Waals surface area contributed by atoms with Gasteiger partial charge < -0.3 is 10.1 Å². The molecule has 0 radical (unpaired) electrons. The molecule has 1 aliphatic heterocycles. The number of carbonyl (C=O) groups is 2. The minimum atomic E-state index is -4.46. The largest absolute Gasteiger partial charge is 0.463 e. The quantitative estimate of drug-likeness (QED) is 0.674. The van der Waals surface area contributed by atoms with Gasteiger partial charge in [0.2, 0.25) is 0 Å². The average Bonchev–Trinajstić information content (AvgIpc) is 2.65. The van der Waals surface area contributed by atoms with E-state index in [4.69, 9.17) is 4.74 Å². The fraction of sp³-hybridized carbons (Fsp3) is 0.478. The summed E-state index contributed by atoms with van der Waals surface area (Å²) < 4.78 is 44.4. The van der Waals surface area contributed by atoms with Crippen LogP contribution in [-0.2, 0) is 20.5 Å². The topological polar surface area (TPSA) is 55.4 Å². The summed E-state index contributed by atoms with van der Waals surface area (Å²) in [4.78, 5) is 26.0. The first-order valence-electron chi connectivity index (χ1n) is 10.1. The van der Waals surface area contributed by atoms with Gasteiger partial charge in [-0.25, -0.2) is 4.79 Å². The van der Waals surface area contributed by atoms with E-state index in [0.717, 1.165) is 17.8 Å². The standard InChI is InChI=1S/C23H26F3NO3/c1-5-15-20(21(29)30-6-2)18(13-7-9-14(10-8-13)23(24,25)26)19-16(27-15)11-22(3,4)12-17(19)28/h7-10,18,27H,5-6,11-12H2,1-4H3. The SMILES string of the molecule is CCOC(=O)C1=C(CC)NC2=C(C(=O)CC(C)(C)C2)C1c1ccc(C(F)(F)F)cc1. The van der Waals surface area contributed by atoms with Gasteiger partial charge in [-0.3, -0.25) is 4.79 Å². The Kier molecular flexibility index (Phi) is 5.85. The van der Waals surface area contributed by atoms with Crippen molar-refractivity contribution in [2.45, 2.75) is 59.1 Å². The molecule has 1 aliphatic carbocycles. The van der Waals surface area contributed by atoms with Crippen LogP contribution in [0, 0.1) is 5.41 Å². The second kappa shape index (κ2) is 7.93. The summed E-state index contributed by atoms with van der Waals surface area (Å²) in [6, 6.07) is 4.68. The zero-order valence-electron chi connectivity index (χ0n) is 17.6. The summed E-state index contributed by atoms with van der Waals surface area (Å²) in [6.07, 6.45) is -3.04. The molecule has 162 valence electrons. The molecule has 1 N–H and O–H groups in total. The van der Waals surface area contributed by atoms with Crippen molar-refractivity contribution in [1.29, 1.82) is 0 Å². The number of benzene rings is 1. The van der Waals surface area contributed by atoms with Gasteiger partial charge in [0.1, 0.15) is 0 Å². The molecule has 1 heterocycles. The number of dihydropyridines is 1. The lowest BCUT2D eigenvalue weighted by Crippen LogP contribution is -2.39. The maximum atomic E-state index is 13.1. The fourth-order valence-corrected chi connectivity index (χ4v) is 4.28. The summed E-state index contributed by atoms with van der Waals surface area (Å²) in [5.74, 6) is -1.41. The first-order valence-corrected chi connectivity index (χ1v) is 10.1. The molecule has 2 aliphatic rings. The number of halogens is 3. The lowest BCUT2D eigenvalue weighted by Gasteiger charge is -2.40. The number of ketones is 1. The van der Waals surface area contributed by atoms with Crippen LogP contribution in [0.25, 0.3) is 0 Å². The van der Waals surface area contributed by atoms with Gasteiger partial charge in [0.25, 0.3) is 0 Å². The number of alkyl halides is 3. The lowest BCUT2D eigenvalue weighted by atomic mass is 9.68. The van der Waals surface area contributed by atoms with Crippen LogP contribution >= 0.6 is 0 Å². The number of hydrogen-bond acceptors (Lipinski definition) is 4. The highest BCUT2D eigenvalue weighted by Crippen LogP contribution is 2.47. The number of nitrogens with one attached hydrogen (secondary N) is 1. The Balaban J connectivity index is 2.19. The van der Waals surface area contributed by atoms with Crippen LogP contribution < -0.4 is 5.32 Å². The molecule has 0 spiro atoms. The number of Topliss-reactive ketones (excluding diaryl/α,β-unsaturated/α-hetero) is 1. The van der Waals surface area contributed by atoms with E-state index in [1.807, 2.05) is 20.8 Å². The van der Waals surface area contributed by atoms with Crippen LogP contribution in [0.4, 0.5) is 13.2 Å². The van der Waals surface area contributed by atoms with E-state index < -0.39 is 23.6 Å². The van der Waals surface area contributed by atoms with Crippen LogP contribution in [0.2, 0.25) is 0 Å². The maximum absolute atomic E-state index is 13.1. The molecule has 0 saturated carbocycles. The van der Waals surface area contributed by atoms with E-state index >= 15 is 0 Å². The predicted molar refractivity (Wildman–Crippen MR) is 106 cm³/mol. The van der Waals surface area contributed by atoms with Gasteiger partial charge in [0.15, 0.2) is 5.78 Å². The van der Waals surface area contributed by atoms with Gasteiger partial charge in [0, 0.05) is 29.3 Å². The van der Waals surface area contributed by atoms with Crippen molar-refractivity contribution in [1.82, 2.24) is 5.32 Å². The van der Waals surface area contributed by atoms with Gasteiger partial charge in [0.05, 0.1) is 17.7 Å². The molecule has 4 nitrogen and oxygen atoms in total. The first kappa shape index (κ1) is 22.1. The Morgan fingerprint density at radius 2 is 1.80 bits per heavy atom. The minimum Gasteiger partial charge on any atom is -0.463 e. The van der Waals surface area contributed by atoms with Gasteiger partial charge in [-0.15, -0.1) is 0 Å². The molecule has 0 saturated heterocycles. The van der Waals surface area contributed by atoms with Crippen molar-refractivity contribution in [3.63, 3.8) is 0 Å². The summed E-state index contributed by atoms with van der Waals surface area (Å²) >= 11 is 0. The van der Waals surface area contributed by atoms with Crippen molar-refractivity contribution >= 4 is 11.8 Å². The Bertz CT molecular complexity index is 924. The Hall–Kier alpha value is -2.57. The molecule has 1 aromatic rings. The van der Waals surface area contributed by atoms with Crippen LogP contribution in [-0.4, -0.2) is 18.4 Å². The number of carbonyl (C=O) groups excluding carboxylic acids is 2. The second-order valence-corrected chi connectivity index (χ2v) is 8.48. The summed E-state index contributed by atoms with van der Waals surface area (Å²) in [7, 11) is 0. The molecular weight excluding hydrogens is 395 g/mol. The monoisotopic (exact) mass is 421 g/mol. The van der Waals surface area contributed by atoms with Gasteiger partial charge in [-0.2, -0.15) is 13.2 Å². The normalized spacial score (nSPS) is 21.3. The summed E-state index contributed by atoms with van der Waals surface area (Å²) in [5, 5.41) is 3.27. The molecule has 3 rings (SSSR count). The molecule has 0 amide bonds. The van der Waals surface area contributed by atoms with Crippen molar-refractivity contribution in [3.8, 4) is 0 Å². The van der Waals surface area contributed by atoms with Crippen LogP contribution in [0.15, 0.2) is 46.8 Å². The lowest BCUT2D eigenvalue weighted by molar-refractivity contribution is -0.139. The van der Waals surface area contributed by atoms with Crippen molar-refractivity contribution in [2.75, 3.05) is 6.61 Å². The summed E-state index contributed by atoms with van der Waals surface area (Å²) in [6.45, 7) is 7.73. The molecule has 0 bridgehead atoms. The molecular formula is C23H26F3NO3. The van der Waals surface area contributed by atoms with Crippen molar-refractivity contribution < 1.29 is 27.5 Å². The molecule has 7 heteroatoms. The Labute approximate surface area is 174 Å². The third-order valence-electron chi connectivity index (χ3n) is 5.54. The van der Waals surface area contributed by atoms with Gasteiger partial charge in [-0.1, -0.05) is 32.9 Å². The van der Waals surface area contributed by atoms with Crippen molar-refractivity contribution in [3.05, 3.63) is 57.9 Å². The van der Waals surface area contributed by atoms with E-state index in [2.05, 4.69) is 5.32 Å². The second-order valence-electron chi connectivity index (χ2n) is 8.48. The predicted octanol–water partition coefficient (Wildman–Crippen LogP) is 5.26. The highest BCUT2D eigenvalue weighted by molar-refractivity contribution is 6.04. The Morgan fingerprint density at radius 3 is 2.33 bits per heavy atom. The minimum absolute atomic E-state index is 0.101. The average molecular weight is 421 g/mol. The molecule has 30 heavy (non-hydrogen) atoms. The zero-order chi connectivity index (χ0) is 22.3. The van der Waals surface area contributed by atoms with E-state index in [1.165, 1.54) is 12.1 Å². The van der Waals surface area contributed by atoms with E-state index in [0.29, 0.717) is 41.7 Å². The third-order valence-corrected chi connectivity index (χ3v) is 5.54. The number of ether oxygens (including phenoxy) is 1. The highest BCUT2D eigenvalue weighted by atomic mass is 19.4. The highest BCUT2D eigenvalue weighted by Gasteiger charge is 2.43. The van der Waals surface area contributed by atoms with Gasteiger partial charge >= 0.3 is 12.1 Å². The zero-order valence-corrected chi connectivity index (χ0v) is 17.6.